The molecule has 1 aliphatic heterocycles. The monoisotopic (exact) mass is 530 g/mol. The van der Waals surface area contributed by atoms with E-state index in [1.165, 1.54) is 17.5 Å². The van der Waals surface area contributed by atoms with Gasteiger partial charge in [-0.2, -0.15) is 0 Å². The summed E-state index contributed by atoms with van der Waals surface area (Å²) in [6.07, 6.45) is 3.94. The van der Waals surface area contributed by atoms with E-state index in [9.17, 15) is 4.79 Å². The van der Waals surface area contributed by atoms with Crippen LogP contribution >= 0.6 is 0 Å². The Hall–Kier alpha value is -3.51. The maximum Gasteiger partial charge on any atom is 0.514 e. The fraction of sp³-hybridized carbons (Fsp3) is 0.424. The molecule has 0 N–H and O–H groups in total. The number of methoxy groups -OCH3 is 1. The van der Waals surface area contributed by atoms with Gasteiger partial charge in [0, 0.05) is 29.9 Å². The Morgan fingerprint density at radius 1 is 0.872 bits per heavy atom. The van der Waals surface area contributed by atoms with Gasteiger partial charge in [-0.1, -0.05) is 73.5 Å². The van der Waals surface area contributed by atoms with Gasteiger partial charge >= 0.3 is 6.16 Å². The van der Waals surface area contributed by atoms with Crippen molar-refractivity contribution in [2.24, 2.45) is 0 Å². The summed E-state index contributed by atoms with van der Waals surface area (Å²) >= 11 is 0. The zero-order chi connectivity index (χ0) is 27.4. The zero-order valence-corrected chi connectivity index (χ0v) is 23.2. The minimum atomic E-state index is -0.795. The van der Waals surface area contributed by atoms with E-state index in [4.69, 9.17) is 23.7 Å². The molecule has 3 aromatic rings. The van der Waals surface area contributed by atoms with Crippen LogP contribution in [-0.2, 0) is 9.47 Å². The van der Waals surface area contributed by atoms with Crippen molar-refractivity contribution >= 4 is 6.16 Å². The number of ether oxygens (including phenoxy) is 5. The number of fused-ring (bicyclic) bond motifs is 1. The van der Waals surface area contributed by atoms with E-state index >= 15 is 0 Å². The van der Waals surface area contributed by atoms with Crippen molar-refractivity contribution in [2.45, 2.75) is 82.7 Å². The van der Waals surface area contributed by atoms with Crippen LogP contribution in [0.5, 0.6) is 17.2 Å². The van der Waals surface area contributed by atoms with E-state index in [1.54, 1.807) is 33.9 Å². The number of hydrogen-bond donors (Lipinski definition) is 0. The highest BCUT2D eigenvalue weighted by Crippen LogP contribution is 2.47. The molecule has 6 nitrogen and oxygen atoms in total. The lowest BCUT2D eigenvalue weighted by molar-refractivity contribution is -0.144. The first-order valence-electron chi connectivity index (χ1n) is 13.9. The number of benzene rings is 3. The van der Waals surface area contributed by atoms with Crippen LogP contribution in [0.15, 0.2) is 72.8 Å². The maximum atomic E-state index is 12.5. The Balaban J connectivity index is 1.45. The lowest BCUT2D eigenvalue weighted by atomic mass is 9.81. The second kappa shape index (κ2) is 11.7. The maximum absolute atomic E-state index is 12.5. The Kier molecular flexibility index (Phi) is 8.12. The lowest BCUT2D eigenvalue weighted by Gasteiger charge is -2.38. The van der Waals surface area contributed by atoms with Crippen molar-refractivity contribution in [1.29, 1.82) is 0 Å². The first-order chi connectivity index (χ1) is 18.8. The summed E-state index contributed by atoms with van der Waals surface area (Å²) < 4.78 is 29.8. The molecule has 3 aromatic carbocycles. The predicted octanol–water partition coefficient (Wildman–Crippen LogP) is 7.99. The summed E-state index contributed by atoms with van der Waals surface area (Å²) in [5, 5.41) is 0. The third-order valence-corrected chi connectivity index (χ3v) is 7.40. The summed E-state index contributed by atoms with van der Waals surface area (Å²) in [6, 6.07) is 24.6. The molecule has 0 bridgehead atoms. The highest BCUT2D eigenvalue weighted by molar-refractivity contribution is 5.67. The van der Waals surface area contributed by atoms with Crippen LogP contribution in [0.1, 0.15) is 81.4 Å². The summed E-state index contributed by atoms with van der Waals surface area (Å²) in [7, 11) is 1.56. The fourth-order valence-corrected chi connectivity index (χ4v) is 5.66. The molecule has 5 rings (SSSR count). The summed E-state index contributed by atoms with van der Waals surface area (Å²) in [4.78, 5) is 12.5. The van der Waals surface area contributed by atoms with E-state index in [1.807, 2.05) is 24.3 Å². The highest BCUT2D eigenvalue weighted by Gasteiger charge is 2.36. The molecule has 0 saturated heterocycles. The molecule has 0 aromatic heterocycles. The Morgan fingerprint density at radius 3 is 2.21 bits per heavy atom. The second-order valence-corrected chi connectivity index (χ2v) is 11.3. The van der Waals surface area contributed by atoms with Crippen LogP contribution in [0, 0.1) is 0 Å². The largest absolute Gasteiger partial charge is 0.514 e. The van der Waals surface area contributed by atoms with Gasteiger partial charge in [-0.3, -0.25) is 0 Å². The van der Waals surface area contributed by atoms with Crippen LogP contribution in [0.25, 0.3) is 0 Å². The zero-order valence-electron chi connectivity index (χ0n) is 23.2. The third-order valence-electron chi connectivity index (χ3n) is 7.40. The first kappa shape index (κ1) is 27.1. The molecule has 39 heavy (non-hydrogen) atoms. The average molecular weight is 531 g/mol. The molecule has 2 aliphatic rings. The van der Waals surface area contributed by atoms with E-state index in [0.29, 0.717) is 23.8 Å². The first-order valence-corrected chi connectivity index (χ1v) is 13.9. The molecule has 0 radical (unpaired) electrons. The van der Waals surface area contributed by atoms with Gasteiger partial charge in [-0.25, -0.2) is 4.79 Å². The van der Waals surface area contributed by atoms with Gasteiger partial charge in [0.1, 0.15) is 11.4 Å². The SMILES string of the molecule is COc1cc2c(cc1OC(=O)OC(C)(C)C)O[C@@H](O[C@H]1CCCC[C@@H]1c1ccccc1)C[C@H]2c1ccccc1. The van der Waals surface area contributed by atoms with Crippen molar-refractivity contribution in [3.8, 4) is 17.2 Å². The standard InChI is InChI=1S/C33H38O6/c1-33(2,3)39-32(34)38-30-21-28-26(19-29(30)35-4)25(23-15-9-6-10-16-23)20-31(37-28)36-27-18-12-11-17-24(27)22-13-7-5-8-14-22/h5-10,13-16,19,21,24-25,27,31H,11-12,17-18,20H2,1-4H3/t24-,25+,27+,31-/m1/s1. The molecule has 1 saturated carbocycles. The van der Waals surface area contributed by atoms with Gasteiger partial charge in [0.25, 0.3) is 0 Å². The molecular formula is C33H38O6. The van der Waals surface area contributed by atoms with Gasteiger partial charge < -0.3 is 23.7 Å². The minimum Gasteiger partial charge on any atom is -0.493 e. The van der Waals surface area contributed by atoms with Crippen LogP contribution < -0.4 is 14.2 Å². The number of carbonyl (C=O) groups is 1. The quantitative estimate of drug-likeness (QED) is 0.238. The Bertz CT molecular complexity index is 1250. The Morgan fingerprint density at radius 2 is 1.54 bits per heavy atom. The smallest absolute Gasteiger partial charge is 0.493 e. The summed E-state index contributed by atoms with van der Waals surface area (Å²) in [5.74, 6) is 1.68. The number of rotatable bonds is 6. The van der Waals surface area contributed by atoms with Gasteiger partial charge in [0.05, 0.1) is 13.2 Å². The van der Waals surface area contributed by atoms with Crippen LogP contribution in [0.4, 0.5) is 4.79 Å². The molecular weight excluding hydrogens is 492 g/mol. The van der Waals surface area contributed by atoms with Crippen LogP contribution in [0.2, 0.25) is 0 Å². The summed E-state index contributed by atoms with van der Waals surface area (Å²) in [5.41, 5.74) is 2.78. The topological polar surface area (TPSA) is 63.2 Å². The molecule has 1 aliphatic carbocycles. The molecule has 206 valence electrons. The van der Waals surface area contributed by atoms with Gasteiger partial charge in [0.15, 0.2) is 11.5 Å². The number of hydrogen-bond acceptors (Lipinski definition) is 6. The third kappa shape index (κ3) is 6.56. The Labute approximate surface area is 231 Å². The molecule has 0 unspecified atom stereocenters. The van der Waals surface area contributed by atoms with Crippen LogP contribution in [-0.4, -0.2) is 31.3 Å². The van der Waals surface area contributed by atoms with Gasteiger partial charge in [-0.05, 0) is 50.8 Å². The van der Waals surface area contributed by atoms with Gasteiger partial charge in [0.2, 0.25) is 6.29 Å². The average Bonchev–Trinajstić information content (AvgIpc) is 2.92. The molecule has 0 spiro atoms. The van der Waals surface area contributed by atoms with Crippen molar-refractivity contribution in [3.05, 3.63) is 89.5 Å². The molecule has 4 atom stereocenters. The van der Waals surface area contributed by atoms with Crippen molar-refractivity contribution in [1.82, 2.24) is 0 Å². The number of carbonyl (C=O) groups excluding carboxylic acids is 1. The summed E-state index contributed by atoms with van der Waals surface area (Å²) in [6.45, 7) is 5.38. The van der Waals surface area contributed by atoms with Crippen molar-refractivity contribution in [3.63, 3.8) is 0 Å². The molecule has 0 amide bonds. The van der Waals surface area contributed by atoms with E-state index in [2.05, 4.69) is 42.5 Å². The van der Waals surface area contributed by atoms with E-state index < -0.39 is 18.0 Å². The van der Waals surface area contributed by atoms with Crippen molar-refractivity contribution in [2.75, 3.05) is 7.11 Å². The fourth-order valence-electron chi connectivity index (χ4n) is 5.66. The van der Waals surface area contributed by atoms with E-state index in [0.717, 1.165) is 24.8 Å². The highest BCUT2D eigenvalue weighted by atomic mass is 16.7. The van der Waals surface area contributed by atoms with E-state index in [-0.39, 0.29) is 17.8 Å². The molecule has 6 heteroatoms. The molecule has 1 fully saturated rings. The van der Waals surface area contributed by atoms with Crippen LogP contribution in [0.3, 0.4) is 0 Å². The second-order valence-electron chi connectivity index (χ2n) is 11.3. The van der Waals surface area contributed by atoms with Crippen molar-refractivity contribution < 1.29 is 28.5 Å². The predicted molar refractivity (Wildman–Crippen MR) is 150 cm³/mol. The minimum absolute atomic E-state index is 0.0307. The normalized spacial score (nSPS) is 22.8. The van der Waals surface area contributed by atoms with Gasteiger partial charge in [-0.15, -0.1) is 0 Å². The molecule has 1 heterocycles. The lowest BCUT2D eigenvalue weighted by Crippen LogP contribution is -2.36.